The van der Waals surface area contributed by atoms with Crippen LogP contribution in [0.1, 0.15) is 58.7 Å². The molecule has 0 saturated heterocycles. The van der Waals surface area contributed by atoms with Crippen molar-refractivity contribution in [2.45, 2.75) is 53.7 Å². The SMILES string of the molecule is CCOC(=O)C1=C(C)N=c2s/c(=C\c3ccc(OC(C)=O)c(OCC)c3)c(=O)n2[C@H]1c1ccc(OC(C)C)cc1. The van der Waals surface area contributed by atoms with E-state index in [9.17, 15) is 14.4 Å². The lowest BCUT2D eigenvalue weighted by atomic mass is 9.96. The van der Waals surface area contributed by atoms with Gasteiger partial charge in [0.2, 0.25) is 0 Å². The van der Waals surface area contributed by atoms with Crippen molar-refractivity contribution in [3.8, 4) is 17.2 Å². The molecule has 2 heterocycles. The molecule has 0 N–H and O–H groups in total. The minimum Gasteiger partial charge on any atom is -0.491 e. The molecule has 0 amide bonds. The highest BCUT2D eigenvalue weighted by Crippen LogP contribution is 2.32. The van der Waals surface area contributed by atoms with Crippen LogP contribution in [0.2, 0.25) is 0 Å². The lowest BCUT2D eigenvalue weighted by Crippen LogP contribution is -2.39. The van der Waals surface area contributed by atoms with Crippen LogP contribution in [0.15, 0.2) is 63.5 Å². The maximum Gasteiger partial charge on any atom is 0.338 e. The molecular formula is C30H32N2O7S. The number of rotatable bonds is 9. The molecule has 40 heavy (non-hydrogen) atoms. The van der Waals surface area contributed by atoms with Crippen LogP contribution in [0, 0.1) is 0 Å². The molecule has 0 spiro atoms. The summed E-state index contributed by atoms with van der Waals surface area (Å²) in [6.45, 7) is 11.1. The maximum atomic E-state index is 13.9. The van der Waals surface area contributed by atoms with Crippen molar-refractivity contribution in [1.29, 1.82) is 0 Å². The van der Waals surface area contributed by atoms with Gasteiger partial charge in [-0.1, -0.05) is 29.5 Å². The summed E-state index contributed by atoms with van der Waals surface area (Å²) < 4.78 is 24.0. The van der Waals surface area contributed by atoms with Crippen molar-refractivity contribution >= 4 is 29.4 Å². The molecule has 0 radical (unpaired) electrons. The molecule has 9 nitrogen and oxygen atoms in total. The minimum atomic E-state index is -0.726. The van der Waals surface area contributed by atoms with E-state index in [0.717, 1.165) is 5.56 Å². The number of allylic oxidation sites excluding steroid dienone is 1. The first-order chi connectivity index (χ1) is 19.1. The zero-order valence-corrected chi connectivity index (χ0v) is 24.2. The number of carbonyl (C=O) groups is 2. The Bertz CT molecular complexity index is 1630. The summed E-state index contributed by atoms with van der Waals surface area (Å²) in [6.07, 6.45) is 1.73. The maximum absolute atomic E-state index is 13.9. The fourth-order valence-electron chi connectivity index (χ4n) is 4.38. The third-order valence-corrected chi connectivity index (χ3v) is 6.89. The van der Waals surface area contributed by atoms with Crippen molar-refractivity contribution in [3.05, 3.63) is 84.5 Å². The van der Waals surface area contributed by atoms with Crippen molar-refractivity contribution in [2.75, 3.05) is 13.2 Å². The Morgan fingerprint density at radius 2 is 1.80 bits per heavy atom. The van der Waals surface area contributed by atoms with Crippen molar-refractivity contribution in [2.24, 2.45) is 4.99 Å². The molecule has 1 aromatic heterocycles. The van der Waals surface area contributed by atoms with Gasteiger partial charge in [-0.15, -0.1) is 0 Å². The fraction of sp³-hybridized carbons (Fsp3) is 0.333. The fourth-order valence-corrected chi connectivity index (χ4v) is 5.43. The van der Waals surface area contributed by atoms with Gasteiger partial charge in [0, 0.05) is 6.92 Å². The number of esters is 2. The van der Waals surface area contributed by atoms with Crippen LogP contribution in [0.4, 0.5) is 0 Å². The number of fused-ring (bicyclic) bond motifs is 1. The molecule has 0 fully saturated rings. The summed E-state index contributed by atoms with van der Waals surface area (Å²) in [4.78, 5) is 43.5. The van der Waals surface area contributed by atoms with Crippen LogP contribution < -0.4 is 29.1 Å². The molecule has 1 aliphatic heterocycles. The van der Waals surface area contributed by atoms with E-state index in [4.69, 9.17) is 18.9 Å². The topological polar surface area (TPSA) is 105 Å². The zero-order chi connectivity index (χ0) is 29.0. The Morgan fingerprint density at radius 1 is 1.07 bits per heavy atom. The second-order valence-electron chi connectivity index (χ2n) is 9.27. The van der Waals surface area contributed by atoms with Gasteiger partial charge in [-0.25, -0.2) is 9.79 Å². The summed E-state index contributed by atoms with van der Waals surface area (Å²) in [7, 11) is 0. The molecule has 1 atom stereocenters. The van der Waals surface area contributed by atoms with Crippen LogP contribution in [0.5, 0.6) is 17.2 Å². The van der Waals surface area contributed by atoms with E-state index in [1.54, 1.807) is 38.1 Å². The smallest absolute Gasteiger partial charge is 0.338 e. The number of carbonyl (C=O) groups excluding carboxylic acids is 2. The Balaban J connectivity index is 1.86. The van der Waals surface area contributed by atoms with Gasteiger partial charge in [0.25, 0.3) is 5.56 Å². The van der Waals surface area contributed by atoms with Crippen LogP contribution in [-0.4, -0.2) is 35.8 Å². The van der Waals surface area contributed by atoms with Gasteiger partial charge < -0.3 is 18.9 Å². The number of benzene rings is 2. The Labute approximate surface area is 236 Å². The van der Waals surface area contributed by atoms with Gasteiger partial charge in [-0.2, -0.15) is 0 Å². The summed E-state index contributed by atoms with van der Waals surface area (Å²) in [6, 6.07) is 11.7. The van der Waals surface area contributed by atoms with Crippen LogP contribution in [0.3, 0.4) is 0 Å². The largest absolute Gasteiger partial charge is 0.491 e. The normalized spacial score (nSPS) is 15.0. The van der Waals surface area contributed by atoms with E-state index in [-0.39, 0.29) is 18.3 Å². The third-order valence-electron chi connectivity index (χ3n) is 5.90. The predicted molar refractivity (Wildman–Crippen MR) is 152 cm³/mol. The lowest BCUT2D eigenvalue weighted by Gasteiger charge is -2.25. The quantitative estimate of drug-likeness (QED) is 0.287. The van der Waals surface area contributed by atoms with E-state index in [0.29, 0.717) is 50.0 Å². The van der Waals surface area contributed by atoms with Gasteiger partial charge in [-0.3, -0.25) is 14.2 Å². The molecule has 210 valence electrons. The summed E-state index contributed by atoms with van der Waals surface area (Å²) in [5.74, 6) is 0.396. The van der Waals surface area contributed by atoms with E-state index >= 15 is 0 Å². The van der Waals surface area contributed by atoms with Crippen LogP contribution in [0.25, 0.3) is 6.08 Å². The molecule has 2 aromatic carbocycles. The van der Waals surface area contributed by atoms with Gasteiger partial charge in [0.15, 0.2) is 16.3 Å². The molecule has 3 aromatic rings. The average Bonchev–Trinajstić information content (AvgIpc) is 3.19. The Hall–Kier alpha value is -4.18. The zero-order valence-electron chi connectivity index (χ0n) is 23.3. The second kappa shape index (κ2) is 12.3. The van der Waals surface area contributed by atoms with Gasteiger partial charge in [-0.05, 0) is 76.1 Å². The molecule has 0 bridgehead atoms. The average molecular weight is 565 g/mol. The van der Waals surface area contributed by atoms with E-state index in [1.807, 2.05) is 45.0 Å². The van der Waals surface area contributed by atoms with E-state index < -0.39 is 18.0 Å². The Morgan fingerprint density at radius 3 is 2.42 bits per heavy atom. The summed E-state index contributed by atoms with van der Waals surface area (Å²) in [5, 5.41) is 0. The minimum absolute atomic E-state index is 0.00656. The summed E-state index contributed by atoms with van der Waals surface area (Å²) in [5.41, 5.74) is 1.90. The standard InChI is InChI=1S/C30H32N2O7S/c1-7-36-24-15-20(9-14-23(24)39-19(6)33)16-25-28(34)32-27(21-10-12-22(13-11-21)38-17(3)4)26(29(35)37-8-2)18(5)31-30(32)40-25/h9-17,27H,7-8H2,1-6H3/b25-16-/t27-/m0/s1. The molecule has 10 heteroatoms. The molecule has 0 unspecified atom stereocenters. The van der Waals surface area contributed by atoms with Gasteiger partial charge in [0.05, 0.1) is 41.2 Å². The highest BCUT2D eigenvalue weighted by atomic mass is 32.1. The molecule has 0 aliphatic carbocycles. The monoisotopic (exact) mass is 564 g/mol. The third kappa shape index (κ3) is 6.17. The van der Waals surface area contributed by atoms with E-state index in [2.05, 4.69) is 4.99 Å². The first-order valence-corrected chi connectivity index (χ1v) is 13.9. The van der Waals surface area contributed by atoms with Crippen LogP contribution in [-0.2, 0) is 14.3 Å². The van der Waals surface area contributed by atoms with Crippen molar-refractivity contribution < 1.29 is 28.5 Å². The van der Waals surface area contributed by atoms with Gasteiger partial charge in [0.1, 0.15) is 5.75 Å². The molecular weight excluding hydrogens is 532 g/mol. The number of hydrogen-bond donors (Lipinski definition) is 0. The number of nitrogens with zero attached hydrogens (tertiary/aromatic N) is 2. The number of hydrogen-bond acceptors (Lipinski definition) is 9. The lowest BCUT2D eigenvalue weighted by molar-refractivity contribution is -0.139. The first kappa shape index (κ1) is 28.8. The van der Waals surface area contributed by atoms with Gasteiger partial charge >= 0.3 is 11.9 Å². The highest BCUT2D eigenvalue weighted by Gasteiger charge is 2.33. The highest BCUT2D eigenvalue weighted by molar-refractivity contribution is 7.07. The first-order valence-electron chi connectivity index (χ1n) is 13.0. The van der Waals surface area contributed by atoms with Crippen LogP contribution >= 0.6 is 11.3 Å². The Kier molecular flexibility index (Phi) is 8.89. The van der Waals surface area contributed by atoms with Crippen molar-refractivity contribution in [1.82, 2.24) is 4.57 Å². The molecule has 4 rings (SSSR count). The second-order valence-corrected chi connectivity index (χ2v) is 10.3. The molecule has 0 saturated carbocycles. The van der Waals surface area contributed by atoms with Crippen molar-refractivity contribution in [3.63, 3.8) is 0 Å². The predicted octanol–water partition coefficient (Wildman–Crippen LogP) is 3.91. The number of aromatic nitrogens is 1. The number of thiazole rings is 1. The summed E-state index contributed by atoms with van der Waals surface area (Å²) >= 11 is 1.22. The van der Waals surface area contributed by atoms with E-state index in [1.165, 1.54) is 22.8 Å². The number of ether oxygens (including phenoxy) is 4. The molecule has 1 aliphatic rings.